The Kier molecular flexibility index (Phi) is 6.65. The molecule has 2 heterocycles. The highest BCUT2D eigenvalue weighted by Crippen LogP contribution is 2.33. The maximum atomic E-state index is 13.5. The van der Waals surface area contributed by atoms with Crippen LogP contribution in [0.4, 0.5) is 0 Å². The lowest BCUT2D eigenvalue weighted by Gasteiger charge is -2.34. The van der Waals surface area contributed by atoms with Crippen molar-refractivity contribution in [1.29, 1.82) is 0 Å². The van der Waals surface area contributed by atoms with Crippen molar-refractivity contribution in [2.45, 2.75) is 18.4 Å². The fourth-order valence-electron chi connectivity index (χ4n) is 3.92. The van der Waals surface area contributed by atoms with Gasteiger partial charge in [-0.15, -0.1) is 0 Å². The van der Waals surface area contributed by atoms with E-state index in [9.17, 15) is 8.42 Å². The van der Waals surface area contributed by atoms with Crippen LogP contribution in [0.2, 0.25) is 5.02 Å². The van der Waals surface area contributed by atoms with E-state index in [2.05, 4.69) is 32.7 Å². The van der Waals surface area contributed by atoms with E-state index in [1.165, 1.54) is 3.97 Å². The second-order valence-corrected chi connectivity index (χ2v) is 10.7. The number of ether oxygens (including phenoxy) is 1. The van der Waals surface area contributed by atoms with E-state index in [-0.39, 0.29) is 4.90 Å². The van der Waals surface area contributed by atoms with E-state index in [0.717, 1.165) is 43.7 Å². The number of methoxy groups -OCH3 is 1. The molecule has 0 bridgehead atoms. The fraction of sp³-hybridized carbons (Fsp3) is 0.364. The van der Waals surface area contributed by atoms with Gasteiger partial charge in [0.05, 0.1) is 17.5 Å². The van der Waals surface area contributed by atoms with E-state index in [1.807, 2.05) is 6.07 Å². The van der Waals surface area contributed by atoms with Crippen molar-refractivity contribution in [3.63, 3.8) is 0 Å². The summed E-state index contributed by atoms with van der Waals surface area (Å²) in [6, 6.07) is 10.3. The molecular formula is C22H25BrClN3O3S. The van der Waals surface area contributed by atoms with Gasteiger partial charge in [0.2, 0.25) is 0 Å². The number of halogens is 2. The summed E-state index contributed by atoms with van der Waals surface area (Å²) >= 11 is 9.92. The molecule has 4 rings (SSSR count). The minimum atomic E-state index is -3.80. The van der Waals surface area contributed by atoms with Crippen LogP contribution in [0.3, 0.4) is 0 Å². The lowest BCUT2D eigenvalue weighted by Crippen LogP contribution is -2.45. The smallest absolute Gasteiger partial charge is 0.268 e. The number of fused-ring (bicyclic) bond motifs is 1. The largest absolute Gasteiger partial charge is 0.497 e. The highest BCUT2D eigenvalue weighted by Gasteiger charge is 2.23. The quantitative estimate of drug-likeness (QED) is 0.475. The van der Waals surface area contributed by atoms with E-state index >= 15 is 0 Å². The number of rotatable bonds is 6. The van der Waals surface area contributed by atoms with Crippen molar-refractivity contribution in [2.75, 3.05) is 39.8 Å². The van der Waals surface area contributed by atoms with Crippen molar-refractivity contribution in [3.05, 3.63) is 57.7 Å². The van der Waals surface area contributed by atoms with E-state index in [1.54, 1.807) is 43.6 Å². The van der Waals surface area contributed by atoms with Gasteiger partial charge in [-0.1, -0.05) is 18.5 Å². The average molecular weight is 527 g/mol. The third-order valence-electron chi connectivity index (χ3n) is 5.81. The van der Waals surface area contributed by atoms with Gasteiger partial charge < -0.3 is 9.64 Å². The lowest BCUT2D eigenvalue weighted by molar-refractivity contribution is 0.132. The SMILES string of the molecule is CCN1CCN(Cc2cc(S(=O)(=O)n3cc(Br)c4cc(OC)ccc43)ccc2Cl)CC1. The summed E-state index contributed by atoms with van der Waals surface area (Å²) in [6.07, 6.45) is 1.58. The summed E-state index contributed by atoms with van der Waals surface area (Å²) in [6.45, 7) is 7.76. The molecular weight excluding hydrogens is 502 g/mol. The molecule has 9 heteroatoms. The Morgan fingerprint density at radius 1 is 1.06 bits per heavy atom. The molecule has 0 atom stereocenters. The first kappa shape index (κ1) is 22.6. The number of nitrogens with zero attached hydrogens (tertiary/aromatic N) is 3. The summed E-state index contributed by atoms with van der Waals surface area (Å²) < 4.78 is 34.3. The van der Waals surface area contributed by atoms with Crippen LogP contribution in [0.1, 0.15) is 12.5 Å². The summed E-state index contributed by atoms with van der Waals surface area (Å²) in [7, 11) is -2.21. The average Bonchev–Trinajstić information content (AvgIpc) is 3.12. The molecule has 31 heavy (non-hydrogen) atoms. The van der Waals surface area contributed by atoms with E-state index in [0.29, 0.717) is 27.3 Å². The predicted molar refractivity (Wildman–Crippen MR) is 128 cm³/mol. The van der Waals surface area contributed by atoms with Crippen molar-refractivity contribution < 1.29 is 13.2 Å². The number of hydrogen-bond donors (Lipinski definition) is 0. The third kappa shape index (κ3) is 4.50. The number of likely N-dealkylation sites (N-methyl/N-ethyl adjacent to an activating group) is 1. The number of hydrogen-bond acceptors (Lipinski definition) is 5. The van der Waals surface area contributed by atoms with Crippen LogP contribution in [0, 0.1) is 0 Å². The zero-order valence-corrected chi connectivity index (χ0v) is 20.7. The topological polar surface area (TPSA) is 54.8 Å². The summed E-state index contributed by atoms with van der Waals surface area (Å²) in [5.74, 6) is 0.667. The molecule has 1 saturated heterocycles. The molecule has 0 radical (unpaired) electrons. The van der Waals surface area contributed by atoms with Crippen LogP contribution in [-0.4, -0.2) is 62.0 Å². The molecule has 0 unspecified atom stereocenters. The summed E-state index contributed by atoms with van der Waals surface area (Å²) in [4.78, 5) is 4.94. The first-order valence-electron chi connectivity index (χ1n) is 10.2. The Hall–Kier alpha value is -1.58. The molecule has 1 aliphatic heterocycles. The molecule has 0 spiro atoms. The standard InChI is InChI=1S/C22H25BrClN3O3S/c1-3-25-8-10-26(11-9-25)14-16-12-18(5-6-21(16)24)31(28,29)27-15-20(23)19-13-17(30-2)4-7-22(19)27/h4-7,12-13,15H,3,8-11,14H2,1-2H3. The second-order valence-electron chi connectivity index (χ2n) is 7.62. The second kappa shape index (κ2) is 9.11. The van der Waals surface area contributed by atoms with Crippen LogP contribution >= 0.6 is 27.5 Å². The zero-order valence-electron chi connectivity index (χ0n) is 17.5. The Bertz CT molecular complexity index is 1200. The Labute approximate surface area is 196 Å². The molecule has 0 amide bonds. The van der Waals surface area contributed by atoms with Gasteiger partial charge in [0.15, 0.2) is 0 Å². The van der Waals surface area contributed by atoms with Crippen LogP contribution in [0.5, 0.6) is 5.75 Å². The number of aromatic nitrogens is 1. The summed E-state index contributed by atoms with van der Waals surface area (Å²) in [5, 5.41) is 1.35. The maximum Gasteiger partial charge on any atom is 0.268 e. The van der Waals surface area contributed by atoms with Gasteiger partial charge in [-0.2, -0.15) is 0 Å². The van der Waals surface area contributed by atoms with Crippen molar-refractivity contribution >= 4 is 48.5 Å². The molecule has 6 nitrogen and oxygen atoms in total. The Balaban J connectivity index is 1.66. The zero-order chi connectivity index (χ0) is 22.2. The molecule has 0 N–H and O–H groups in total. The van der Waals surface area contributed by atoms with Crippen LogP contribution in [0.15, 0.2) is 52.0 Å². The first-order valence-corrected chi connectivity index (χ1v) is 12.8. The Morgan fingerprint density at radius 3 is 2.45 bits per heavy atom. The minimum absolute atomic E-state index is 0.222. The number of piperazine rings is 1. The fourth-order valence-corrected chi connectivity index (χ4v) is 6.17. The first-order chi connectivity index (χ1) is 14.8. The molecule has 1 aliphatic rings. The van der Waals surface area contributed by atoms with Crippen molar-refractivity contribution in [1.82, 2.24) is 13.8 Å². The van der Waals surface area contributed by atoms with Gasteiger partial charge in [-0.05, 0) is 64.4 Å². The minimum Gasteiger partial charge on any atom is -0.497 e. The van der Waals surface area contributed by atoms with Crippen LogP contribution in [-0.2, 0) is 16.6 Å². The van der Waals surface area contributed by atoms with Gasteiger partial charge in [0, 0.05) is 53.8 Å². The monoisotopic (exact) mass is 525 g/mol. The third-order valence-corrected chi connectivity index (χ3v) is 8.48. The molecule has 3 aromatic rings. The van der Waals surface area contributed by atoms with Crippen LogP contribution in [0.25, 0.3) is 10.9 Å². The molecule has 166 valence electrons. The molecule has 2 aromatic carbocycles. The maximum absolute atomic E-state index is 13.5. The van der Waals surface area contributed by atoms with Gasteiger partial charge in [0.25, 0.3) is 10.0 Å². The highest BCUT2D eigenvalue weighted by molar-refractivity contribution is 9.10. The van der Waals surface area contributed by atoms with E-state index < -0.39 is 10.0 Å². The lowest BCUT2D eigenvalue weighted by atomic mass is 10.2. The predicted octanol–water partition coefficient (Wildman–Crippen LogP) is 4.44. The van der Waals surface area contributed by atoms with E-state index in [4.69, 9.17) is 16.3 Å². The highest BCUT2D eigenvalue weighted by atomic mass is 79.9. The molecule has 1 aromatic heterocycles. The molecule has 0 aliphatic carbocycles. The summed E-state index contributed by atoms with van der Waals surface area (Å²) in [5.41, 5.74) is 1.41. The van der Waals surface area contributed by atoms with Gasteiger partial charge in [-0.25, -0.2) is 12.4 Å². The van der Waals surface area contributed by atoms with Gasteiger partial charge >= 0.3 is 0 Å². The Morgan fingerprint density at radius 2 is 1.77 bits per heavy atom. The van der Waals surface area contributed by atoms with Crippen molar-refractivity contribution in [3.8, 4) is 5.75 Å². The van der Waals surface area contributed by atoms with Crippen molar-refractivity contribution in [2.24, 2.45) is 0 Å². The van der Waals surface area contributed by atoms with Gasteiger partial charge in [0.1, 0.15) is 5.75 Å². The van der Waals surface area contributed by atoms with Gasteiger partial charge in [-0.3, -0.25) is 4.90 Å². The normalized spacial score (nSPS) is 16.1. The molecule has 1 fully saturated rings. The van der Waals surface area contributed by atoms with Crippen LogP contribution < -0.4 is 4.74 Å². The number of benzene rings is 2. The molecule has 0 saturated carbocycles.